The summed E-state index contributed by atoms with van der Waals surface area (Å²) in [5.41, 5.74) is 4.33. The van der Waals surface area contributed by atoms with Crippen LogP contribution in [-0.4, -0.2) is 10.9 Å². The fraction of sp³-hybridized carbons (Fsp3) is 0. The van der Waals surface area contributed by atoms with E-state index in [9.17, 15) is 9.59 Å². The third-order valence-electron chi connectivity index (χ3n) is 3.26. The number of nitrogens with zero attached hydrogens (tertiary/aromatic N) is 1. The van der Waals surface area contributed by atoms with Gasteiger partial charge in [0.05, 0.1) is 11.4 Å². The monoisotopic (exact) mass is 305 g/mol. The molecule has 0 aliphatic carbocycles. The Morgan fingerprint density at radius 3 is 1.87 bits per heavy atom. The maximum atomic E-state index is 12.4. The maximum absolute atomic E-state index is 12.4. The summed E-state index contributed by atoms with van der Waals surface area (Å²) < 4.78 is 0. The van der Waals surface area contributed by atoms with Gasteiger partial charge in [0.25, 0.3) is 5.91 Å². The first-order valence-electron chi connectivity index (χ1n) is 7.14. The van der Waals surface area contributed by atoms with E-state index in [4.69, 9.17) is 0 Å². The number of nitrogens with one attached hydrogen (secondary N) is 2. The second kappa shape index (κ2) is 6.62. The number of carbonyl (C=O) groups excluding carboxylic acids is 1. The van der Waals surface area contributed by atoms with Crippen LogP contribution in [0.5, 0.6) is 0 Å². The van der Waals surface area contributed by atoms with Gasteiger partial charge in [-0.05, 0) is 30.3 Å². The second-order valence-electron chi connectivity index (χ2n) is 4.88. The molecule has 0 spiro atoms. The Morgan fingerprint density at radius 1 is 0.783 bits per heavy atom. The van der Waals surface area contributed by atoms with E-state index in [0.717, 1.165) is 11.4 Å². The standard InChI is InChI=1S/C18H15N3O2/c22-17-13-7-12-16(19-17)18(23)20-21(14-8-3-1-4-9-14)15-10-5-2-6-11-15/h1-13H,(H,19,22)(H,20,23). The van der Waals surface area contributed by atoms with E-state index >= 15 is 0 Å². The first-order valence-corrected chi connectivity index (χ1v) is 7.14. The van der Waals surface area contributed by atoms with Crippen molar-refractivity contribution in [1.82, 2.24) is 10.4 Å². The highest BCUT2D eigenvalue weighted by Crippen LogP contribution is 2.22. The summed E-state index contributed by atoms with van der Waals surface area (Å²) in [6.07, 6.45) is 0. The van der Waals surface area contributed by atoms with Crippen LogP contribution in [0.1, 0.15) is 10.5 Å². The number of H-pyrrole nitrogens is 1. The molecule has 2 aromatic carbocycles. The van der Waals surface area contributed by atoms with Gasteiger partial charge in [-0.15, -0.1) is 0 Å². The van der Waals surface area contributed by atoms with Gasteiger partial charge >= 0.3 is 0 Å². The van der Waals surface area contributed by atoms with Crippen molar-refractivity contribution in [3.63, 3.8) is 0 Å². The molecule has 5 nitrogen and oxygen atoms in total. The molecule has 1 heterocycles. The highest BCUT2D eigenvalue weighted by atomic mass is 16.2. The molecule has 0 fully saturated rings. The minimum absolute atomic E-state index is 0.203. The first kappa shape index (κ1) is 14.6. The van der Waals surface area contributed by atoms with Gasteiger partial charge in [-0.2, -0.15) is 0 Å². The smallest absolute Gasteiger partial charge is 0.286 e. The fourth-order valence-corrected chi connectivity index (χ4v) is 2.17. The number of para-hydroxylation sites is 2. The van der Waals surface area contributed by atoms with Crippen LogP contribution in [0.25, 0.3) is 0 Å². The molecule has 0 unspecified atom stereocenters. The van der Waals surface area contributed by atoms with E-state index in [1.807, 2.05) is 60.7 Å². The maximum Gasteiger partial charge on any atom is 0.286 e. The van der Waals surface area contributed by atoms with Crippen molar-refractivity contribution in [2.45, 2.75) is 0 Å². The van der Waals surface area contributed by atoms with Crippen LogP contribution in [0.4, 0.5) is 11.4 Å². The molecule has 0 radical (unpaired) electrons. The number of hydrazine groups is 1. The molecule has 3 rings (SSSR count). The SMILES string of the molecule is O=C(NN(c1ccccc1)c1ccccc1)c1cccc(=O)[nH]1. The van der Waals surface area contributed by atoms with Crippen LogP contribution >= 0.6 is 0 Å². The molecule has 2 N–H and O–H groups in total. The van der Waals surface area contributed by atoms with Crippen LogP contribution in [0.2, 0.25) is 0 Å². The van der Waals surface area contributed by atoms with Gasteiger partial charge in [-0.3, -0.25) is 20.0 Å². The topological polar surface area (TPSA) is 65.2 Å². The van der Waals surface area contributed by atoms with Crippen LogP contribution in [-0.2, 0) is 0 Å². The summed E-state index contributed by atoms with van der Waals surface area (Å²) in [4.78, 5) is 26.3. The zero-order chi connectivity index (χ0) is 16.1. The summed E-state index contributed by atoms with van der Waals surface area (Å²) in [6, 6.07) is 23.4. The van der Waals surface area contributed by atoms with Crippen molar-refractivity contribution in [1.29, 1.82) is 0 Å². The Hall–Kier alpha value is -3.34. The van der Waals surface area contributed by atoms with E-state index in [1.54, 1.807) is 17.1 Å². The van der Waals surface area contributed by atoms with Gasteiger partial charge in [0, 0.05) is 6.07 Å². The Morgan fingerprint density at radius 2 is 1.35 bits per heavy atom. The van der Waals surface area contributed by atoms with Crippen LogP contribution in [0.3, 0.4) is 0 Å². The molecule has 1 amide bonds. The lowest BCUT2D eigenvalue weighted by Crippen LogP contribution is -2.39. The van der Waals surface area contributed by atoms with Crippen molar-refractivity contribution in [3.8, 4) is 0 Å². The molecule has 23 heavy (non-hydrogen) atoms. The Bertz CT molecular complexity index is 805. The highest BCUT2D eigenvalue weighted by Gasteiger charge is 2.14. The first-order chi connectivity index (χ1) is 11.2. The van der Waals surface area contributed by atoms with Gasteiger partial charge in [0.15, 0.2) is 0 Å². The van der Waals surface area contributed by atoms with E-state index in [2.05, 4.69) is 10.4 Å². The average molecular weight is 305 g/mol. The molecule has 0 atom stereocenters. The number of hydrogen-bond acceptors (Lipinski definition) is 3. The number of pyridine rings is 1. The Labute approximate surface area is 133 Å². The van der Waals surface area contributed by atoms with Crippen molar-refractivity contribution >= 4 is 17.3 Å². The molecular formula is C18H15N3O2. The van der Waals surface area contributed by atoms with Crippen LogP contribution in [0.15, 0.2) is 83.7 Å². The van der Waals surface area contributed by atoms with E-state index < -0.39 is 5.91 Å². The Kier molecular flexibility index (Phi) is 4.20. The minimum atomic E-state index is -0.393. The number of hydrogen-bond donors (Lipinski definition) is 2. The van der Waals surface area contributed by atoms with Gasteiger partial charge in [-0.1, -0.05) is 42.5 Å². The quantitative estimate of drug-likeness (QED) is 0.728. The number of aromatic amines is 1. The number of carbonyl (C=O) groups is 1. The zero-order valence-electron chi connectivity index (χ0n) is 12.3. The number of aromatic nitrogens is 1. The Balaban J connectivity index is 1.93. The summed E-state index contributed by atoms with van der Waals surface area (Å²) in [5, 5.41) is 1.67. The lowest BCUT2D eigenvalue weighted by Gasteiger charge is -2.25. The van der Waals surface area contributed by atoms with E-state index in [0.29, 0.717) is 0 Å². The van der Waals surface area contributed by atoms with Crippen molar-refractivity contribution < 1.29 is 4.79 Å². The van der Waals surface area contributed by atoms with Gasteiger partial charge in [-0.25, -0.2) is 0 Å². The zero-order valence-corrected chi connectivity index (χ0v) is 12.3. The molecular weight excluding hydrogens is 290 g/mol. The van der Waals surface area contributed by atoms with Crippen LogP contribution in [0, 0.1) is 0 Å². The molecule has 0 aliphatic rings. The fourth-order valence-electron chi connectivity index (χ4n) is 2.17. The lowest BCUT2D eigenvalue weighted by atomic mass is 10.2. The summed E-state index contributed by atoms with van der Waals surface area (Å²) >= 11 is 0. The molecule has 5 heteroatoms. The molecule has 0 saturated carbocycles. The van der Waals surface area contributed by atoms with Crippen molar-refractivity contribution in [3.05, 3.63) is 94.9 Å². The second-order valence-corrected chi connectivity index (χ2v) is 4.88. The van der Waals surface area contributed by atoms with Gasteiger partial charge < -0.3 is 4.98 Å². The largest absolute Gasteiger partial charge is 0.318 e. The number of amides is 1. The summed E-state index contributed by atoms with van der Waals surface area (Å²) in [5.74, 6) is -0.393. The van der Waals surface area contributed by atoms with Crippen molar-refractivity contribution in [2.24, 2.45) is 0 Å². The minimum Gasteiger partial charge on any atom is -0.318 e. The predicted octanol–water partition coefficient (Wildman–Crippen LogP) is 2.86. The van der Waals surface area contributed by atoms with Gasteiger partial charge in [0.2, 0.25) is 5.56 Å². The third kappa shape index (κ3) is 3.47. The normalized spacial score (nSPS) is 10.1. The molecule has 0 aliphatic heterocycles. The molecule has 0 saturated heterocycles. The molecule has 0 bridgehead atoms. The van der Waals surface area contributed by atoms with E-state index in [1.165, 1.54) is 6.07 Å². The van der Waals surface area contributed by atoms with Crippen molar-refractivity contribution in [2.75, 3.05) is 5.01 Å². The molecule has 114 valence electrons. The number of anilines is 2. The number of rotatable bonds is 4. The summed E-state index contributed by atoms with van der Waals surface area (Å²) in [7, 11) is 0. The highest BCUT2D eigenvalue weighted by molar-refractivity contribution is 5.94. The average Bonchev–Trinajstić information content (AvgIpc) is 2.61. The predicted molar refractivity (Wildman–Crippen MR) is 89.6 cm³/mol. The molecule has 3 aromatic rings. The summed E-state index contributed by atoms with van der Waals surface area (Å²) in [6.45, 7) is 0. The number of benzene rings is 2. The third-order valence-corrected chi connectivity index (χ3v) is 3.26. The van der Waals surface area contributed by atoms with Gasteiger partial charge in [0.1, 0.15) is 5.69 Å². The molecule has 1 aromatic heterocycles. The van der Waals surface area contributed by atoms with E-state index in [-0.39, 0.29) is 11.3 Å². The van der Waals surface area contributed by atoms with Crippen LogP contribution < -0.4 is 16.0 Å². The lowest BCUT2D eigenvalue weighted by molar-refractivity contribution is 0.0948.